The minimum Gasteiger partial charge on any atom is -0.377 e. The zero-order valence-corrected chi connectivity index (χ0v) is 11.8. The van der Waals surface area contributed by atoms with Gasteiger partial charge in [0.1, 0.15) is 0 Å². The molecule has 1 aliphatic rings. The predicted molar refractivity (Wildman–Crippen MR) is 76.4 cm³/mol. The molecule has 0 aromatic heterocycles. The number of nitrogens with zero attached hydrogens (tertiary/aromatic N) is 1. The molecule has 1 aromatic carbocycles. The van der Waals surface area contributed by atoms with Gasteiger partial charge in [-0.05, 0) is 13.3 Å². The van der Waals surface area contributed by atoms with E-state index in [0.29, 0.717) is 0 Å². The van der Waals surface area contributed by atoms with Gasteiger partial charge in [-0.25, -0.2) is 0 Å². The Morgan fingerprint density at radius 2 is 2.16 bits per heavy atom. The van der Waals surface area contributed by atoms with Crippen LogP contribution in [0.1, 0.15) is 30.6 Å². The summed E-state index contributed by atoms with van der Waals surface area (Å²) in [5.74, 6) is 0.270. The maximum absolute atomic E-state index is 12.3. The first-order valence-corrected chi connectivity index (χ1v) is 7.10. The molecule has 1 aromatic rings. The molecule has 0 amide bonds. The van der Waals surface area contributed by atoms with E-state index in [-0.39, 0.29) is 17.8 Å². The topological polar surface area (TPSA) is 29.5 Å². The van der Waals surface area contributed by atoms with E-state index in [2.05, 4.69) is 11.8 Å². The Kier molecular flexibility index (Phi) is 5.11. The van der Waals surface area contributed by atoms with E-state index >= 15 is 0 Å². The van der Waals surface area contributed by atoms with E-state index in [1.807, 2.05) is 37.3 Å². The second-order valence-electron chi connectivity index (χ2n) is 5.43. The van der Waals surface area contributed by atoms with Crippen molar-refractivity contribution >= 4 is 5.78 Å². The van der Waals surface area contributed by atoms with Gasteiger partial charge in [0.25, 0.3) is 0 Å². The second kappa shape index (κ2) is 6.83. The van der Waals surface area contributed by atoms with E-state index in [1.54, 1.807) is 0 Å². The van der Waals surface area contributed by atoms with Gasteiger partial charge in [-0.3, -0.25) is 9.69 Å². The summed E-state index contributed by atoms with van der Waals surface area (Å²) < 4.78 is 5.63. The first-order valence-electron chi connectivity index (χ1n) is 7.10. The van der Waals surface area contributed by atoms with E-state index in [0.717, 1.165) is 38.2 Å². The van der Waals surface area contributed by atoms with Crippen LogP contribution in [0.15, 0.2) is 30.3 Å². The number of ether oxygens (including phenoxy) is 1. The largest absolute Gasteiger partial charge is 0.377 e. The van der Waals surface area contributed by atoms with Crippen LogP contribution >= 0.6 is 0 Å². The van der Waals surface area contributed by atoms with Crippen molar-refractivity contribution in [3.05, 3.63) is 35.9 Å². The average Bonchev–Trinajstić information content (AvgIpc) is 2.63. The van der Waals surface area contributed by atoms with Gasteiger partial charge in [-0.15, -0.1) is 0 Å². The molecule has 0 aliphatic carbocycles. The summed E-state index contributed by atoms with van der Waals surface area (Å²) in [6.07, 6.45) is 1.32. The molecule has 1 heterocycles. The number of ketones is 1. The van der Waals surface area contributed by atoms with Gasteiger partial charge in [0.2, 0.25) is 0 Å². The maximum Gasteiger partial charge on any atom is 0.166 e. The Labute approximate surface area is 115 Å². The normalized spacial score (nSPS) is 22.7. The zero-order chi connectivity index (χ0) is 13.7. The molecule has 3 heteroatoms. The molecule has 1 saturated heterocycles. The van der Waals surface area contributed by atoms with Crippen LogP contribution in [0.25, 0.3) is 0 Å². The minimum atomic E-state index is 0.0349. The summed E-state index contributed by atoms with van der Waals surface area (Å²) >= 11 is 0. The van der Waals surface area contributed by atoms with Crippen molar-refractivity contribution in [2.75, 3.05) is 26.2 Å². The quantitative estimate of drug-likeness (QED) is 0.780. The van der Waals surface area contributed by atoms with Gasteiger partial charge < -0.3 is 4.74 Å². The Bertz CT molecular complexity index is 404. The number of carbonyl (C=O) groups is 1. The van der Waals surface area contributed by atoms with Gasteiger partial charge in [0.15, 0.2) is 5.78 Å². The van der Waals surface area contributed by atoms with Crippen LogP contribution in [0.2, 0.25) is 0 Å². The van der Waals surface area contributed by atoms with Crippen molar-refractivity contribution in [1.29, 1.82) is 0 Å². The highest BCUT2D eigenvalue weighted by Gasteiger charge is 2.21. The molecule has 19 heavy (non-hydrogen) atoms. The molecule has 104 valence electrons. The predicted octanol–water partition coefficient (Wildman–Crippen LogP) is 2.62. The molecule has 1 fully saturated rings. The molecule has 0 bridgehead atoms. The van der Waals surface area contributed by atoms with Crippen molar-refractivity contribution in [2.45, 2.75) is 26.4 Å². The van der Waals surface area contributed by atoms with Crippen LogP contribution < -0.4 is 0 Å². The Balaban J connectivity index is 1.93. The van der Waals surface area contributed by atoms with Gasteiger partial charge in [0, 0.05) is 37.7 Å². The van der Waals surface area contributed by atoms with Gasteiger partial charge >= 0.3 is 0 Å². The molecule has 2 unspecified atom stereocenters. The lowest BCUT2D eigenvalue weighted by Crippen LogP contribution is -2.36. The van der Waals surface area contributed by atoms with Crippen molar-refractivity contribution in [3.8, 4) is 0 Å². The molecule has 0 spiro atoms. The summed E-state index contributed by atoms with van der Waals surface area (Å²) in [5, 5.41) is 0. The summed E-state index contributed by atoms with van der Waals surface area (Å²) in [7, 11) is 0. The highest BCUT2D eigenvalue weighted by atomic mass is 16.5. The molecule has 3 nitrogen and oxygen atoms in total. The fourth-order valence-electron chi connectivity index (χ4n) is 2.60. The van der Waals surface area contributed by atoms with Crippen molar-refractivity contribution in [2.24, 2.45) is 5.92 Å². The molecule has 0 N–H and O–H groups in total. The number of hydrogen-bond donors (Lipinski definition) is 0. The molecule has 1 aliphatic heterocycles. The highest BCUT2D eigenvalue weighted by Crippen LogP contribution is 2.13. The van der Waals surface area contributed by atoms with Crippen LogP contribution in [-0.2, 0) is 4.74 Å². The third kappa shape index (κ3) is 4.15. The van der Waals surface area contributed by atoms with Gasteiger partial charge in [-0.2, -0.15) is 0 Å². The molecule has 2 rings (SSSR count). The molecule has 0 saturated carbocycles. The third-order valence-electron chi connectivity index (χ3n) is 3.57. The van der Waals surface area contributed by atoms with Crippen LogP contribution in [-0.4, -0.2) is 43.0 Å². The number of benzene rings is 1. The lowest BCUT2D eigenvalue weighted by molar-refractivity contribution is 0.0640. The van der Waals surface area contributed by atoms with Crippen molar-refractivity contribution in [1.82, 2.24) is 4.90 Å². The fraction of sp³-hybridized carbons (Fsp3) is 0.562. The van der Waals surface area contributed by atoms with Crippen molar-refractivity contribution in [3.63, 3.8) is 0 Å². The van der Waals surface area contributed by atoms with Crippen LogP contribution in [0.5, 0.6) is 0 Å². The second-order valence-corrected chi connectivity index (χ2v) is 5.43. The van der Waals surface area contributed by atoms with E-state index < -0.39 is 0 Å². The number of Topliss-reactive ketones (excluding diaryl/α,β-unsaturated/α-hetero) is 1. The van der Waals surface area contributed by atoms with E-state index in [4.69, 9.17) is 4.74 Å². The monoisotopic (exact) mass is 261 g/mol. The van der Waals surface area contributed by atoms with E-state index in [9.17, 15) is 4.79 Å². The number of rotatable bonds is 4. The molecular weight excluding hydrogens is 238 g/mol. The molecule has 0 radical (unpaired) electrons. The minimum absolute atomic E-state index is 0.0349. The molecular formula is C16H23NO2. The third-order valence-corrected chi connectivity index (χ3v) is 3.57. The standard InChI is InChI=1S/C16H23NO2/c1-13(16(18)15-7-4-3-5-8-15)11-17-9-6-10-19-14(2)12-17/h3-5,7-8,13-14H,6,9-12H2,1-2H3. The lowest BCUT2D eigenvalue weighted by atomic mass is 9.98. The Morgan fingerprint density at radius 1 is 1.42 bits per heavy atom. The summed E-state index contributed by atoms with van der Waals surface area (Å²) in [4.78, 5) is 14.7. The van der Waals surface area contributed by atoms with Gasteiger partial charge in [-0.1, -0.05) is 37.3 Å². The summed E-state index contributed by atoms with van der Waals surface area (Å²) in [6, 6.07) is 9.57. The van der Waals surface area contributed by atoms with Crippen LogP contribution in [0, 0.1) is 5.92 Å². The first-order chi connectivity index (χ1) is 9.16. The zero-order valence-electron chi connectivity index (χ0n) is 11.8. The number of hydrogen-bond acceptors (Lipinski definition) is 3. The Morgan fingerprint density at radius 3 is 2.89 bits per heavy atom. The number of carbonyl (C=O) groups excluding carboxylic acids is 1. The lowest BCUT2D eigenvalue weighted by Gasteiger charge is -2.24. The Hall–Kier alpha value is -1.19. The molecule has 2 atom stereocenters. The van der Waals surface area contributed by atoms with Gasteiger partial charge in [0.05, 0.1) is 6.10 Å². The van der Waals surface area contributed by atoms with Crippen LogP contribution in [0.3, 0.4) is 0 Å². The maximum atomic E-state index is 12.3. The van der Waals surface area contributed by atoms with Crippen molar-refractivity contribution < 1.29 is 9.53 Å². The average molecular weight is 261 g/mol. The van der Waals surface area contributed by atoms with Crippen LogP contribution in [0.4, 0.5) is 0 Å². The smallest absolute Gasteiger partial charge is 0.166 e. The SMILES string of the molecule is CC1CN(CC(C)C(=O)c2ccccc2)CCCO1. The fourth-order valence-corrected chi connectivity index (χ4v) is 2.60. The summed E-state index contributed by atoms with van der Waals surface area (Å²) in [6.45, 7) is 7.72. The summed E-state index contributed by atoms with van der Waals surface area (Å²) in [5.41, 5.74) is 0.814. The highest BCUT2D eigenvalue weighted by molar-refractivity contribution is 5.97. The first kappa shape index (κ1) is 14.2. The van der Waals surface area contributed by atoms with E-state index in [1.165, 1.54) is 0 Å².